The second-order valence-electron chi connectivity index (χ2n) is 3.37. The molecule has 74 valence electrons. The largest absolute Gasteiger partial charge is 0.302 e. The monoisotopic (exact) mass is 191 g/mol. The van der Waals surface area contributed by atoms with Crippen LogP contribution in [0.3, 0.4) is 0 Å². The zero-order valence-electron chi connectivity index (χ0n) is 8.22. The number of tetrazole rings is 1. The van der Waals surface area contributed by atoms with Gasteiger partial charge in [0.1, 0.15) is 0 Å². The number of hydrogen-bond donors (Lipinski definition) is 0. The van der Waals surface area contributed by atoms with Crippen molar-refractivity contribution in [2.45, 2.75) is 6.42 Å². The van der Waals surface area contributed by atoms with Crippen molar-refractivity contribution in [1.82, 2.24) is 25.1 Å². The Morgan fingerprint density at radius 3 is 3.07 bits per heavy atom. The predicted octanol–water partition coefficient (Wildman–Crippen LogP) is 0.492. The molecule has 1 aliphatic heterocycles. The fourth-order valence-electron chi connectivity index (χ4n) is 1.49. The van der Waals surface area contributed by atoms with Gasteiger partial charge in [-0.3, -0.25) is 0 Å². The van der Waals surface area contributed by atoms with E-state index in [2.05, 4.69) is 40.0 Å². The van der Waals surface area contributed by atoms with E-state index in [9.17, 15) is 0 Å². The Kier molecular flexibility index (Phi) is 2.41. The van der Waals surface area contributed by atoms with E-state index in [0.29, 0.717) is 5.82 Å². The lowest BCUT2D eigenvalue weighted by Gasteiger charge is -2.20. The molecule has 1 aromatic heterocycles. The smallest absolute Gasteiger partial charge is 0.202 e. The standard InChI is InChI=1S/C9H13N5/c1-3-14-11-9(10-12-14)8-5-4-6-13(2)7-8/h3,5H,1,4,6-7H2,2H3. The van der Waals surface area contributed by atoms with Crippen LogP contribution in [-0.2, 0) is 0 Å². The van der Waals surface area contributed by atoms with Gasteiger partial charge >= 0.3 is 0 Å². The van der Waals surface area contributed by atoms with Crippen LogP contribution in [0, 0.1) is 0 Å². The highest BCUT2D eigenvalue weighted by atomic mass is 15.6. The van der Waals surface area contributed by atoms with Crippen molar-refractivity contribution in [3.63, 3.8) is 0 Å². The number of hydrogen-bond acceptors (Lipinski definition) is 4. The van der Waals surface area contributed by atoms with Gasteiger partial charge in [-0.1, -0.05) is 12.7 Å². The van der Waals surface area contributed by atoms with E-state index in [-0.39, 0.29) is 0 Å². The number of rotatable bonds is 2. The predicted molar refractivity (Wildman–Crippen MR) is 54.3 cm³/mol. The zero-order valence-corrected chi connectivity index (χ0v) is 8.22. The van der Waals surface area contributed by atoms with Gasteiger partial charge in [-0.2, -0.15) is 0 Å². The molecule has 1 aromatic rings. The van der Waals surface area contributed by atoms with Crippen molar-refractivity contribution in [3.05, 3.63) is 18.5 Å². The van der Waals surface area contributed by atoms with Crippen LogP contribution in [0.25, 0.3) is 11.8 Å². The first-order valence-electron chi connectivity index (χ1n) is 4.59. The van der Waals surface area contributed by atoms with Crippen molar-refractivity contribution < 1.29 is 0 Å². The van der Waals surface area contributed by atoms with Gasteiger partial charge < -0.3 is 4.90 Å². The Morgan fingerprint density at radius 2 is 2.43 bits per heavy atom. The summed E-state index contributed by atoms with van der Waals surface area (Å²) >= 11 is 0. The van der Waals surface area contributed by atoms with Gasteiger partial charge in [-0.15, -0.1) is 15.0 Å². The highest BCUT2D eigenvalue weighted by Gasteiger charge is 2.13. The van der Waals surface area contributed by atoms with Crippen LogP contribution in [0.4, 0.5) is 0 Å². The fourth-order valence-corrected chi connectivity index (χ4v) is 1.49. The van der Waals surface area contributed by atoms with Crippen molar-refractivity contribution in [2.24, 2.45) is 0 Å². The summed E-state index contributed by atoms with van der Waals surface area (Å²) in [5.41, 5.74) is 1.15. The van der Waals surface area contributed by atoms with Gasteiger partial charge in [0.25, 0.3) is 0 Å². The summed E-state index contributed by atoms with van der Waals surface area (Å²) < 4.78 is 0. The molecular formula is C9H13N5. The van der Waals surface area contributed by atoms with E-state index in [1.165, 1.54) is 11.0 Å². The maximum Gasteiger partial charge on any atom is 0.202 e. The van der Waals surface area contributed by atoms with Gasteiger partial charge in [-0.25, -0.2) is 0 Å². The first-order chi connectivity index (χ1) is 6.79. The quantitative estimate of drug-likeness (QED) is 0.682. The average molecular weight is 191 g/mol. The Morgan fingerprint density at radius 1 is 1.57 bits per heavy atom. The van der Waals surface area contributed by atoms with Crippen molar-refractivity contribution >= 4 is 11.8 Å². The maximum absolute atomic E-state index is 4.17. The summed E-state index contributed by atoms with van der Waals surface area (Å²) in [6.07, 6.45) is 4.75. The molecule has 0 radical (unpaired) electrons. The SMILES string of the molecule is C=Cn1nnc(C2=CCCN(C)C2)n1. The van der Waals surface area contributed by atoms with Crippen molar-refractivity contribution in [1.29, 1.82) is 0 Å². The molecule has 0 saturated carbocycles. The van der Waals surface area contributed by atoms with E-state index in [0.717, 1.165) is 25.1 Å². The van der Waals surface area contributed by atoms with Crippen molar-refractivity contribution in [2.75, 3.05) is 20.1 Å². The van der Waals surface area contributed by atoms with Crippen LogP contribution >= 0.6 is 0 Å². The lowest BCUT2D eigenvalue weighted by molar-refractivity contribution is 0.372. The molecule has 14 heavy (non-hydrogen) atoms. The maximum atomic E-state index is 4.17. The molecule has 0 atom stereocenters. The number of likely N-dealkylation sites (N-methyl/N-ethyl adjacent to an activating group) is 1. The molecule has 5 nitrogen and oxygen atoms in total. The molecule has 0 amide bonds. The third-order valence-electron chi connectivity index (χ3n) is 2.22. The van der Waals surface area contributed by atoms with Crippen LogP contribution in [0.15, 0.2) is 12.7 Å². The summed E-state index contributed by atoms with van der Waals surface area (Å²) in [6, 6.07) is 0. The Hall–Kier alpha value is -1.49. The van der Waals surface area contributed by atoms with Crippen LogP contribution in [-0.4, -0.2) is 45.2 Å². The molecular weight excluding hydrogens is 178 g/mol. The number of aromatic nitrogens is 4. The molecule has 0 N–H and O–H groups in total. The second kappa shape index (κ2) is 3.71. The van der Waals surface area contributed by atoms with Crippen molar-refractivity contribution in [3.8, 4) is 0 Å². The van der Waals surface area contributed by atoms with E-state index in [4.69, 9.17) is 0 Å². The zero-order chi connectivity index (χ0) is 9.97. The molecule has 2 rings (SSSR count). The first-order valence-corrected chi connectivity index (χ1v) is 4.59. The molecule has 2 heterocycles. The van der Waals surface area contributed by atoms with Gasteiger partial charge in [0.15, 0.2) is 0 Å². The Balaban J connectivity index is 2.21. The number of nitrogens with zero attached hydrogens (tertiary/aromatic N) is 5. The summed E-state index contributed by atoms with van der Waals surface area (Å²) in [5.74, 6) is 0.705. The summed E-state index contributed by atoms with van der Waals surface area (Å²) in [4.78, 5) is 3.62. The summed E-state index contributed by atoms with van der Waals surface area (Å²) in [7, 11) is 2.09. The minimum atomic E-state index is 0.705. The molecule has 0 saturated heterocycles. The molecule has 0 aliphatic carbocycles. The topological polar surface area (TPSA) is 46.8 Å². The van der Waals surface area contributed by atoms with Gasteiger partial charge in [0, 0.05) is 24.9 Å². The summed E-state index contributed by atoms with van der Waals surface area (Å²) in [6.45, 7) is 5.56. The first kappa shape index (κ1) is 9.08. The second-order valence-corrected chi connectivity index (χ2v) is 3.37. The van der Waals surface area contributed by atoms with Crippen LogP contribution in [0.2, 0.25) is 0 Å². The van der Waals surface area contributed by atoms with Crippen LogP contribution in [0.1, 0.15) is 12.2 Å². The Bertz CT molecular complexity index is 365. The third kappa shape index (κ3) is 1.72. The normalized spacial score (nSPS) is 17.9. The fraction of sp³-hybridized carbons (Fsp3) is 0.444. The minimum absolute atomic E-state index is 0.705. The van der Waals surface area contributed by atoms with Crippen LogP contribution < -0.4 is 0 Å². The van der Waals surface area contributed by atoms with E-state index >= 15 is 0 Å². The molecule has 0 bridgehead atoms. The minimum Gasteiger partial charge on any atom is -0.302 e. The van der Waals surface area contributed by atoms with E-state index in [1.54, 1.807) is 0 Å². The molecule has 1 aliphatic rings. The highest BCUT2D eigenvalue weighted by molar-refractivity contribution is 5.61. The van der Waals surface area contributed by atoms with E-state index in [1.807, 2.05) is 0 Å². The lowest BCUT2D eigenvalue weighted by atomic mass is 10.1. The van der Waals surface area contributed by atoms with Gasteiger partial charge in [-0.05, 0) is 18.7 Å². The molecule has 0 unspecified atom stereocenters. The highest BCUT2D eigenvalue weighted by Crippen LogP contribution is 2.15. The van der Waals surface area contributed by atoms with Gasteiger partial charge in [0.05, 0.1) is 0 Å². The molecule has 5 heteroatoms. The molecule has 0 aromatic carbocycles. The van der Waals surface area contributed by atoms with E-state index < -0.39 is 0 Å². The molecule has 0 fully saturated rings. The Labute approximate surface area is 82.7 Å². The molecule has 0 spiro atoms. The summed E-state index contributed by atoms with van der Waals surface area (Å²) in [5, 5.41) is 12.0. The van der Waals surface area contributed by atoms with Crippen LogP contribution in [0.5, 0.6) is 0 Å². The average Bonchev–Trinajstić information content (AvgIpc) is 2.66. The van der Waals surface area contributed by atoms with Gasteiger partial charge in [0.2, 0.25) is 5.82 Å². The lowest BCUT2D eigenvalue weighted by Crippen LogP contribution is -2.25. The third-order valence-corrected chi connectivity index (χ3v) is 2.22.